The molecule has 0 bridgehead atoms. The number of hydrogen-bond donors (Lipinski definition) is 2. The average molecular weight is 542 g/mol. The fraction of sp³-hybridized carbons (Fsp3) is 0.192. The van der Waals surface area contributed by atoms with E-state index in [4.69, 9.17) is 27.9 Å². The van der Waals surface area contributed by atoms with Crippen molar-refractivity contribution in [1.29, 1.82) is 0 Å². The van der Waals surface area contributed by atoms with Crippen molar-refractivity contribution in [3.8, 4) is 11.4 Å². The van der Waals surface area contributed by atoms with E-state index in [1.807, 2.05) is 59.2 Å². The number of anilines is 1. The number of amides is 2. The monoisotopic (exact) mass is 541 g/mol. The summed E-state index contributed by atoms with van der Waals surface area (Å²) in [7, 11) is 1.64. The van der Waals surface area contributed by atoms with Crippen LogP contribution in [0.25, 0.3) is 5.69 Å². The van der Waals surface area contributed by atoms with E-state index in [0.717, 1.165) is 17.7 Å². The Bertz CT molecular complexity index is 1340. The lowest BCUT2D eigenvalue weighted by molar-refractivity contribution is 0.251. The number of nitrogens with one attached hydrogen (secondary N) is 2. The Labute approximate surface area is 224 Å². The number of aromatic nitrogens is 3. The van der Waals surface area contributed by atoms with Crippen molar-refractivity contribution in [1.82, 2.24) is 20.1 Å². The minimum atomic E-state index is -0.346. The third kappa shape index (κ3) is 6.51. The predicted octanol–water partition coefficient (Wildman–Crippen LogP) is 6.76. The van der Waals surface area contributed by atoms with Crippen molar-refractivity contribution in [2.24, 2.45) is 0 Å². The van der Waals surface area contributed by atoms with Gasteiger partial charge in [0.2, 0.25) is 0 Å². The van der Waals surface area contributed by atoms with Crippen LogP contribution in [0.5, 0.6) is 5.75 Å². The molecule has 0 aliphatic rings. The summed E-state index contributed by atoms with van der Waals surface area (Å²) in [4.78, 5) is 12.5. The second kappa shape index (κ2) is 12.2. The van der Waals surface area contributed by atoms with Gasteiger partial charge in [-0.25, -0.2) is 4.79 Å². The minimum Gasteiger partial charge on any atom is -0.497 e. The number of rotatable bonds is 9. The summed E-state index contributed by atoms with van der Waals surface area (Å²) in [5.41, 5.74) is 3.66. The number of carbonyl (C=O) groups excluding carboxylic acids is 1. The standard InChI is InChI=1S/C26H25Cl2N5O2S/c1-3-17-7-10-20(11-8-17)30-25(34)29-15-24-31-32-26(33(24)23-12-9-19(27)14-22(23)28)36-16-18-5-4-6-21(13-18)35-2/h4-14H,3,15-16H2,1-2H3,(H2,29,30,34). The van der Waals surface area contributed by atoms with E-state index in [0.29, 0.717) is 38.2 Å². The maximum absolute atomic E-state index is 12.5. The molecule has 0 aliphatic heterocycles. The number of ether oxygens (including phenoxy) is 1. The molecule has 1 aromatic heterocycles. The van der Waals surface area contributed by atoms with Gasteiger partial charge in [-0.15, -0.1) is 10.2 Å². The van der Waals surface area contributed by atoms with Crippen molar-refractivity contribution >= 4 is 46.7 Å². The number of aryl methyl sites for hydroxylation is 1. The van der Waals surface area contributed by atoms with Gasteiger partial charge in [0.25, 0.3) is 0 Å². The fourth-order valence-electron chi connectivity index (χ4n) is 3.48. The summed E-state index contributed by atoms with van der Waals surface area (Å²) >= 11 is 14.2. The first kappa shape index (κ1) is 25.9. The number of nitrogens with zero attached hydrogens (tertiary/aromatic N) is 3. The largest absolute Gasteiger partial charge is 0.497 e. The van der Waals surface area contributed by atoms with Gasteiger partial charge in [0.1, 0.15) is 5.75 Å². The van der Waals surface area contributed by atoms with Crippen LogP contribution >= 0.6 is 35.0 Å². The maximum atomic E-state index is 12.5. The van der Waals surface area contributed by atoms with Crippen LogP contribution < -0.4 is 15.4 Å². The van der Waals surface area contributed by atoms with Gasteiger partial charge < -0.3 is 15.4 Å². The van der Waals surface area contributed by atoms with Gasteiger partial charge in [-0.2, -0.15) is 0 Å². The van der Waals surface area contributed by atoms with Crippen molar-refractivity contribution in [2.45, 2.75) is 30.8 Å². The Morgan fingerprint density at radius 3 is 2.56 bits per heavy atom. The second-order valence-electron chi connectivity index (χ2n) is 7.83. The van der Waals surface area contributed by atoms with Crippen molar-refractivity contribution in [2.75, 3.05) is 12.4 Å². The quantitative estimate of drug-likeness (QED) is 0.229. The zero-order valence-electron chi connectivity index (χ0n) is 19.8. The Kier molecular flexibility index (Phi) is 8.74. The SMILES string of the molecule is CCc1ccc(NC(=O)NCc2nnc(SCc3cccc(OC)c3)n2-c2ccc(Cl)cc2Cl)cc1. The van der Waals surface area contributed by atoms with Crippen molar-refractivity contribution in [3.05, 3.63) is 93.7 Å². The molecular formula is C26H25Cl2N5O2S. The molecule has 0 atom stereocenters. The van der Waals surface area contributed by atoms with E-state index < -0.39 is 0 Å². The molecule has 3 aromatic carbocycles. The molecule has 0 spiro atoms. The van der Waals surface area contributed by atoms with Crippen LogP contribution in [-0.2, 0) is 18.7 Å². The Morgan fingerprint density at radius 1 is 1.03 bits per heavy atom. The van der Waals surface area contributed by atoms with Crippen LogP contribution in [0.1, 0.15) is 23.9 Å². The predicted molar refractivity (Wildman–Crippen MR) is 146 cm³/mol. The molecule has 2 N–H and O–H groups in total. The van der Waals surface area contributed by atoms with Gasteiger partial charge in [0.05, 0.1) is 24.4 Å². The number of halogens is 2. The summed E-state index contributed by atoms with van der Waals surface area (Å²) in [6, 6.07) is 20.4. The Hall–Kier alpha value is -3.20. The second-order valence-corrected chi connectivity index (χ2v) is 9.61. The molecule has 186 valence electrons. The fourth-order valence-corrected chi connectivity index (χ4v) is 4.88. The summed E-state index contributed by atoms with van der Waals surface area (Å²) in [5, 5.41) is 16.0. The summed E-state index contributed by atoms with van der Waals surface area (Å²) in [5.74, 6) is 1.96. The summed E-state index contributed by atoms with van der Waals surface area (Å²) < 4.78 is 7.15. The molecule has 0 saturated heterocycles. The van der Waals surface area contributed by atoms with Crippen molar-refractivity contribution in [3.63, 3.8) is 0 Å². The van der Waals surface area contributed by atoms with Gasteiger partial charge in [0.15, 0.2) is 11.0 Å². The molecule has 4 rings (SSSR count). The first-order valence-electron chi connectivity index (χ1n) is 11.3. The van der Waals surface area contributed by atoms with Crippen LogP contribution in [0.2, 0.25) is 10.0 Å². The molecule has 2 amide bonds. The van der Waals surface area contributed by atoms with Crippen LogP contribution in [0.4, 0.5) is 10.5 Å². The van der Waals surface area contributed by atoms with E-state index in [-0.39, 0.29) is 12.6 Å². The Morgan fingerprint density at radius 2 is 1.83 bits per heavy atom. The van der Waals surface area contributed by atoms with Crippen LogP contribution in [0.15, 0.2) is 71.9 Å². The van der Waals surface area contributed by atoms with Gasteiger partial charge in [0, 0.05) is 16.5 Å². The van der Waals surface area contributed by atoms with Gasteiger partial charge in [-0.05, 0) is 60.0 Å². The topological polar surface area (TPSA) is 81.1 Å². The number of benzene rings is 3. The average Bonchev–Trinajstić information content (AvgIpc) is 3.29. The first-order chi connectivity index (χ1) is 17.5. The van der Waals surface area contributed by atoms with Crippen LogP contribution in [0.3, 0.4) is 0 Å². The van der Waals surface area contributed by atoms with Gasteiger partial charge in [-0.3, -0.25) is 4.57 Å². The normalized spacial score (nSPS) is 10.8. The highest BCUT2D eigenvalue weighted by Crippen LogP contribution is 2.31. The zero-order valence-corrected chi connectivity index (χ0v) is 22.1. The molecule has 0 aliphatic carbocycles. The molecule has 4 aromatic rings. The lowest BCUT2D eigenvalue weighted by Gasteiger charge is -2.13. The van der Waals surface area contributed by atoms with E-state index >= 15 is 0 Å². The number of urea groups is 1. The molecule has 0 radical (unpaired) electrons. The molecule has 0 fully saturated rings. The van der Waals surface area contributed by atoms with E-state index in [2.05, 4.69) is 27.8 Å². The van der Waals surface area contributed by atoms with Crippen LogP contribution in [0, 0.1) is 0 Å². The molecule has 0 saturated carbocycles. The highest BCUT2D eigenvalue weighted by atomic mass is 35.5. The number of methoxy groups -OCH3 is 1. The highest BCUT2D eigenvalue weighted by Gasteiger charge is 2.18. The van der Waals surface area contributed by atoms with Crippen molar-refractivity contribution < 1.29 is 9.53 Å². The smallest absolute Gasteiger partial charge is 0.319 e. The third-order valence-electron chi connectivity index (χ3n) is 5.38. The number of carbonyl (C=O) groups is 1. The summed E-state index contributed by atoms with van der Waals surface area (Å²) in [6.07, 6.45) is 0.938. The molecule has 1 heterocycles. The number of hydrogen-bond acceptors (Lipinski definition) is 5. The maximum Gasteiger partial charge on any atom is 0.319 e. The van der Waals surface area contributed by atoms with E-state index in [9.17, 15) is 4.79 Å². The lowest BCUT2D eigenvalue weighted by Crippen LogP contribution is -2.29. The lowest BCUT2D eigenvalue weighted by atomic mass is 10.1. The summed E-state index contributed by atoms with van der Waals surface area (Å²) in [6.45, 7) is 2.23. The molecule has 36 heavy (non-hydrogen) atoms. The minimum absolute atomic E-state index is 0.143. The molecular weight excluding hydrogens is 517 g/mol. The van der Waals surface area contributed by atoms with Gasteiger partial charge in [-0.1, -0.05) is 66.2 Å². The first-order valence-corrected chi connectivity index (χ1v) is 13.0. The Balaban J connectivity index is 1.53. The van der Waals surface area contributed by atoms with E-state index in [1.54, 1.807) is 19.2 Å². The highest BCUT2D eigenvalue weighted by molar-refractivity contribution is 7.98. The zero-order chi connectivity index (χ0) is 25.5. The third-order valence-corrected chi connectivity index (χ3v) is 6.92. The van der Waals surface area contributed by atoms with Crippen LogP contribution in [-0.4, -0.2) is 27.9 Å². The molecule has 7 nitrogen and oxygen atoms in total. The molecule has 0 unspecified atom stereocenters. The number of thioether (sulfide) groups is 1. The molecule has 10 heteroatoms. The van der Waals surface area contributed by atoms with Gasteiger partial charge >= 0.3 is 6.03 Å². The van der Waals surface area contributed by atoms with E-state index in [1.165, 1.54) is 17.3 Å².